The van der Waals surface area contributed by atoms with E-state index in [1.165, 1.54) is 0 Å². The summed E-state index contributed by atoms with van der Waals surface area (Å²) in [6.45, 7) is 5.54. The Labute approximate surface area is 119 Å². The number of carbonyl (C=O) groups is 2. The first-order valence-corrected chi connectivity index (χ1v) is 8.28. The number of hydrogen-bond donors (Lipinski definition) is 1. The van der Waals surface area contributed by atoms with Gasteiger partial charge < -0.3 is 9.32 Å². The van der Waals surface area contributed by atoms with Crippen LogP contribution in [-0.4, -0.2) is 18.4 Å². The number of hydrogen-bond acceptors (Lipinski definition) is 4. The van der Waals surface area contributed by atoms with Gasteiger partial charge in [0.1, 0.15) is 18.2 Å². The highest BCUT2D eigenvalue weighted by Gasteiger charge is 2.30. The van der Waals surface area contributed by atoms with Gasteiger partial charge in [0, 0.05) is 5.92 Å². The number of amides is 1. The first-order chi connectivity index (χ1) is 9.38. The van der Waals surface area contributed by atoms with Crippen LogP contribution in [0, 0.1) is 11.8 Å². The predicted octanol–water partition coefficient (Wildman–Crippen LogP) is 2.87. The molecule has 0 saturated heterocycles. The third-order valence-corrected chi connectivity index (χ3v) is 4.70. The second-order valence-electron chi connectivity index (χ2n) is 4.94. The molecule has 1 unspecified atom stereocenters. The summed E-state index contributed by atoms with van der Waals surface area (Å²) in [4.78, 5) is 22.7. The summed E-state index contributed by atoms with van der Waals surface area (Å²) in [6, 6.07) is 8.47. The molecule has 0 spiro atoms. The largest absolute Gasteiger partial charge is 0.429 e. The molecule has 0 bridgehead atoms. The van der Waals surface area contributed by atoms with Crippen LogP contribution in [0.3, 0.4) is 0 Å². The number of para-hydroxylation sites is 1. The zero-order valence-corrected chi connectivity index (χ0v) is 12.8. The maximum Gasteiger partial charge on any atom is 0.350 e. The molecule has 0 saturated carbocycles. The van der Waals surface area contributed by atoms with E-state index in [0.29, 0.717) is 12.0 Å². The van der Waals surface area contributed by atoms with Gasteiger partial charge in [-0.25, -0.2) is 0 Å². The molecule has 0 heterocycles. The molecule has 20 heavy (non-hydrogen) atoms. The molecule has 2 atom stereocenters. The van der Waals surface area contributed by atoms with Crippen LogP contribution in [0.25, 0.3) is 0 Å². The molecule has 5 nitrogen and oxygen atoms in total. The molecule has 1 aromatic carbocycles. The SMILES string of the molecule is CC(C)[C@H](C)C(=O)NP(=O)(CC=O)Oc1ccccc1. The van der Waals surface area contributed by atoms with Crippen molar-refractivity contribution in [2.24, 2.45) is 11.8 Å². The van der Waals surface area contributed by atoms with Gasteiger partial charge in [0.05, 0.1) is 0 Å². The molecule has 6 heteroatoms. The van der Waals surface area contributed by atoms with Crippen molar-refractivity contribution in [2.45, 2.75) is 20.8 Å². The molecule has 0 fully saturated rings. The molecule has 1 rings (SSSR count). The van der Waals surface area contributed by atoms with E-state index in [9.17, 15) is 14.2 Å². The maximum atomic E-state index is 12.5. The fourth-order valence-corrected chi connectivity index (χ4v) is 2.84. The second-order valence-corrected chi connectivity index (χ2v) is 7.05. The highest BCUT2D eigenvalue weighted by atomic mass is 31.2. The summed E-state index contributed by atoms with van der Waals surface area (Å²) in [5.41, 5.74) is 0. The zero-order valence-electron chi connectivity index (χ0n) is 11.9. The van der Waals surface area contributed by atoms with Crippen molar-refractivity contribution >= 4 is 19.7 Å². The van der Waals surface area contributed by atoms with Crippen molar-refractivity contribution < 1.29 is 18.7 Å². The Morgan fingerprint density at radius 3 is 2.40 bits per heavy atom. The third kappa shape index (κ3) is 4.82. The summed E-state index contributed by atoms with van der Waals surface area (Å²) in [7, 11) is -3.56. The molecule has 1 amide bonds. The van der Waals surface area contributed by atoms with Gasteiger partial charge in [-0.15, -0.1) is 0 Å². The minimum atomic E-state index is -3.56. The van der Waals surface area contributed by atoms with Crippen LogP contribution in [0.1, 0.15) is 20.8 Å². The van der Waals surface area contributed by atoms with Crippen molar-refractivity contribution in [1.29, 1.82) is 0 Å². The van der Waals surface area contributed by atoms with Crippen LogP contribution in [-0.2, 0) is 14.2 Å². The predicted molar refractivity (Wildman–Crippen MR) is 77.8 cm³/mol. The van der Waals surface area contributed by atoms with Crippen LogP contribution >= 0.6 is 7.52 Å². The number of rotatable bonds is 7. The van der Waals surface area contributed by atoms with Gasteiger partial charge in [0.25, 0.3) is 0 Å². The van der Waals surface area contributed by atoms with Gasteiger partial charge in [-0.1, -0.05) is 39.0 Å². The Morgan fingerprint density at radius 1 is 1.30 bits per heavy atom. The van der Waals surface area contributed by atoms with Crippen molar-refractivity contribution in [2.75, 3.05) is 6.16 Å². The summed E-state index contributed by atoms with van der Waals surface area (Å²) < 4.78 is 17.9. The normalized spacial score (nSPS) is 15.2. The lowest BCUT2D eigenvalue weighted by atomic mass is 9.98. The smallest absolute Gasteiger partial charge is 0.350 e. The Balaban J connectivity index is 2.84. The van der Waals surface area contributed by atoms with E-state index in [2.05, 4.69) is 5.09 Å². The summed E-state index contributed by atoms with van der Waals surface area (Å²) in [5, 5.41) is 2.39. The lowest BCUT2D eigenvalue weighted by molar-refractivity contribution is -0.124. The van der Waals surface area contributed by atoms with Gasteiger partial charge in [-0.05, 0) is 18.1 Å². The number of aldehydes is 1. The van der Waals surface area contributed by atoms with E-state index in [4.69, 9.17) is 4.52 Å². The summed E-state index contributed by atoms with van der Waals surface area (Å²) in [6.07, 6.45) is 0.141. The van der Waals surface area contributed by atoms with Crippen LogP contribution in [0.5, 0.6) is 5.75 Å². The Bertz CT molecular complexity index is 501. The molecule has 0 aliphatic carbocycles. The zero-order chi connectivity index (χ0) is 15.2. The lowest BCUT2D eigenvalue weighted by Crippen LogP contribution is -2.32. The van der Waals surface area contributed by atoms with Crippen LogP contribution in [0.2, 0.25) is 0 Å². The fraction of sp³-hybridized carbons (Fsp3) is 0.429. The topological polar surface area (TPSA) is 72.5 Å². The standard InChI is InChI=1S/C14H20NO4P/c1-11(2)12(3)14(17)15-20(18,10-9-16)19-13-7-5-4-6-8-13/h4-9,11-12H,10H2,1-3H3,(H,15,17,18)/t12-,20?/m0/s1. The van der Waals surface area contributed by atoms with Crippen molar-refractivity contribution in [1.82, 2.24) is 5.09 Å². The van der Waals surface area contributed by atoms with E-state index in [1.807, 2.05) is 13.8 Å². The van der Waals surface area contributed by atoms with Crippen molar-refractivity contribution in [3.8, 4) is 5.75 Å². The highest BCUT2D eigenvalue weighted by Crippen LogP contribution is 2.42. The van der Waals surface area contributed by atoms with E-state index in [0.717, 1.165) is 0 Å². The Kier molecular flexibility index (Phi) is 5.96. The number of benzene rings is 1. The quantitative estimate of drug-likeness (QED) is 0.620. The molecule has 0 aromatic heterocycles. The Hall–Kier alpha value is -1.61. The van der Waals surface area contributed by atoms with Crippen LogP contribution in [0.4, 0.5) is 0 Å². The van der Waals surface area contributed by atoms with Crippen molar-refractivity contribution in [3.63, 3.8) is 0 Å². The van der Waals surface area contributed by atoms with Gasteiger partial charge in [0.15, 0.2) is 0 Å². The number of nitrogens with one attached hydrogen (secondary N) is 1. The van der Waals surface area contributed by atoms with E-state index >= 15 is 0 Å². The average molecular weight is 297 g/mol. The van der Waals surface area contributed by atoms with E-state index in [1.54, 1.807) is 37.3 Å². The van der Waals surface area contributed by atoms with Crippen LogP contribution in [0.15, 0.2) is 30.3 Å². The number of carbonyl (C=O) groups excluding carboxylic acids is 2. The summed E-state index contributed by atoms with van der Waals surface area (Å²) in [5.74, 6) is -0.220. The lowest BCUT2D eigenvalue weighted by Gasteiger charge is -2.22. The highest BCUT2D eigenvalue weighted by molar-refractivity contribution is 7.58. The second kappa shape index (κ2) is 7.25. The molecule has 0 aliphatic heterocycles. The van der Waals surface area contributed by atoms with Gasteiger partial charge in [0.2, 0.25) is 5.91 Å². The molecule has 0 radical (unpaired) electrons. The first-order valence-electron chi connectivity index (χ1n) is 6.47. The fourth-order valence-electron chi connectivity index (χ4n) is 1.43. The summed E-state index contributed by atoms with van der Waals surface area (Å²) >= 11 is 0. The minimum absolute atomic E-state index is 0.108. The maximum absolute atomic E-state index is 12.5. The van der Waals surface area contributed by atoms with Gasteiger partial charge in [-0.3, -0.25) is 14.4 Å². The Morgan fingerprint density at radius 2 is 1.90 bits per heavy atom. The van der Waals surface area contributed by atoms with Gasteiger partial charge >= 0.3 is 7.52 Å². The molecular formula is C14H20NO4P. The molecule has 110 valence electrons. The molecule has 1 aromatic rings. The van der Waals surface area contributed by atoms with Crippen molar-refractivity contribution in [3.05, 3.63) is 30.3 Å². The minimum Gasteiger partial charge on any atom is -0.429 e. The third-order valence-electron chi connectivity index (χ3n) is 3.01. The van der Waals surface area contributed by atoms with Gasteiger partial charge in [-0.2, -0.15) is 0 Å². The van der Waals surface area contributed by atoms with Crippen LogP contribution < -0.4 is 9.61 Å². The van der Waals surface area contributed by atoms with E-state index < -0.39 is 7.52 Å². The van der Waals surface area contributed by atoms with E-state index in [-0.39, 0.29) is 23.9 Å². The average Bonchev–Trinajstić information content (AvgIpc) is 2.38. The monoisotopic (exact) mass is 297 g/mol. The first kappa shape index (κ1) is 16.4. The molecule has 0 aliphatic rings. The molecule has 1 N–H and O–H groups in total. The molecular weight excluding hydrogens is 277 g/mol.